The van der Waals surface area contributed by atoms with Gasteiger partial charge in [0.1, 0.15) is 0 Å². The molecule has 0 fully saturated rings. The van der Waals surface area contributed by atoms with Gasteiger partial charge in [-0.1, -0.05) is 41.6 Å². The average molecular weight is 373 g/mol. The Morgan fingerprint density at radius 1 is 1.11 bits per heavy atom. The number of benzene rings is 2. The number of halogens is 2. The molecule has 0 bridgehead atoms. The molecule has 1 aromatic heterocycles. The minimum absolute atomic E-state index is 0.285. The van der Waals surface area contributed by atoms with E-state index in [4.69, 9.17) is 9.63 Å². The van der Waals surface area contributed by atoms with E-state index in [1.165, 1.54) is 12.1 Å². The maximum absolute atomic E-state index is 13.8. The van der Waals surface area contributed by atoms with E-state index in [-0.39, 0.29) is 17.9 Å². The standard InChI is InChI=1S/C18H13F2N3O4/c19-12-8-4-7-11(15(12)20)18-22-16(23-27-18)17(26)21-13(9-14(24)25)10-5-2-1-3-6-10/h1-8,13H,9H2,(H,21,26)(H,24,25)/t13-/m0/s1. The van der Waals surface area contributed by atoms with Gasteiger partial charge >= 0.3 is 5.97 Å². The second-order valence-corrected chi connectivity index (χ2v) is 5.56. The molecule has 0 spiro atoms. The smallest absolute Gasteiger partial charge is 0.305 e. The molecular formula is C18H13F2N3O4. The fourth-order valence-electron chi connectivity index (χ4n) is 2.43. The van der Waals surface area contributed by atoms with E-state index < -0.39 is 35.4 Å². The highest BCUT2D eigenvalue weighted by Gasteiger charge is 2.23. The van der Waals surface area contributed by atoms with E-state index in [0.717, 1.165) is 6.07 Å². The Balaban J connectivity index is 1.82. The van der Waals surface area contributed by atoms with Gasteiger partial charge in [0.25, 0.3) is 17.6 Å². The first-order chi connectivity index (χ1) is 13.0. The molecule has 0 saturated carbocycles. The van der Waals surface area contributed by atoms with Crippen LogP contribution < -0.4 is 5.32 Å². The van der Waals surface area contributed by atoms with E-state index in [2.05, 4.69) is 15.5 Å². The number of nitrogens with one attached hydrogen (secondary N) is 1. The summed E-state index contributed by atoms with van der Waals surface area (Å²) in [4.78, 5) is 27.2. The van der Waals surface area contributed by atoms with Crippen LogP contribution in [0, 0.1) is 11.6 Å². The molecule has 0 unspecified atom stereocenters. The predicted octanol–water partition coefficient (Wildman–Crippen LogP) is 2.96. The van der Waals surface area contributed by atoms with Gasteiger partial charge in [0.05, 0.1) is 18.0 Å². The number of hydrogen-bond donors (Lipinski definition) is 2. The molecule has 7 nitrogen and oxygen atoms in total. The van der Waals surface area contributed by atoms with Crippen LogP contribution in [-0.2, 0) is 4.79 Å². The molecule has 0 radical (unpaired) electrons. The van der Waals surface area contributed by atoms with Crippen molar-refractivity contribution in [3.63, 3.8) is 0 Å². The molecule has 0 aliphatic rings. The lowest BCUT2D eigenvalue weighted by atomic mass is 10.0. The Morgan fingerprint density at radius 2 is 1.85 bits per heavy atom. The predicted molar refractivity (Wildman–Crippen MR) is 88.6 cm³/mol. The first-order valence-electron chi connectivity index (χ1n) is 7.81. The molecule has 27 heavy (non-hydrogen) atoms. The number of carboxylic acids is 1. The third-order valence-electron chi connectivity index (χ3n) is 3.70. The highest BCUT2D eigenvalue weighted by molar-refractivity contribution is 5.91. The topological polar surface area (TPSA) is 105 Å². The molecule has 2 N–H and O–H groups in total. The zero-order chi connectivity index (χ0) is 19.4. The lowest BCUT2D eigenvalue weighted by Crippen LogP contribution is -2.30. The Kier molecular flexibility index (Phi) is 5.20. The highest BCUT2D eigenvalue weighted by atomic mass is 19.2. The number of rotatable bonds is 6. The van der Waals surface area contributed by atoms with E-state index >= 15 is 0 Å². The monoisotopic (exact) mass is 373 g/mol. The number of carbonyl (C=O) groups excluding carboxylic acids is 1. The first kappa shape index (κ1) is 18.2. The summed E-state index contributed by atoms with van der Waals surface area (Å²) in [5.74, 6) is -4.99. The molecule has 1 heterocycles. The van der Waals surface area contributed by atoms with Crippen LogP contribution >= 0.6 is 0 Å². The van der Waals surface area contributed by atoms with Gasteiger partial charge in [-0.05, 0) is 17.7 Å². The van der Waals surface area contributed by atoms with E-state index in [9.17, 15) is 18.4 Å². The van der Waals surface area contributed by atoms with Crippen LogP contribution in [0.15, 0.2) is 53.1 Å². The van der Waals surface area contributed by atoms with Gasteiger partial charge in [0, 0.05) is 0 Å². The molecule has 138 valence electrons. The summed E-state index contributed by atoms with van der Waals surface area (Å²) < 4.78 is 31.9. The number of aliphatic carboxylic acids is 1. The molecule has 1 atom stereocenters. The van der Waals surface area contributed by atoms with E-state index in [0.29, 0.717) is 5.56 Å². The number of amides is 1. The molecule has 9 heteroatoms. The first-order valence-corrected chi connectivity index (χ1v) is 7.81. The highest BCUT2D eigenvalue weighted by Crippen LogP contribution is 2.23. The van der Waals surface area contributed by atoms with E-state index in [1.54, 1.807) is 30.3 Å². The van der Waals surface area contributed by atoms with Crippen LogP contribution in [0.4, 0.5) is 8.78 Å². The minimum atomic E-state index is -1.18. The second kappa shape index (κ2) is 7.73. The van der Waals surface area contributed by atoms with Crippen molar-refractivity contribution in [3.05, 3.63) is 71.6 Å². The van der Waals surface area contributed by atoms with Crippen molar-refractivity contribution >= 4 is 11.9 Å². The minimum Gasteiger partial charge on any atom is -0.481 e. The van der Waals surface area contributed by atoms with Crippen LogP contribution in [0.25, 0.3) is 11.5 Å². The van der Waals surface area contributed by atoms with Gasteiger partial charge in [-0.2, -0.15) is 4.98 Å². The molecule has 3 aromatic rings. The summed E-state index contributed by atoms with van der Waals surface area (Å²) in [5.41, 5.74) is 0.292. The number of aromatic nitrogens is 2. The fourth-order valence-corrected chi connectivity index (χ4v) is 2.43. The largest absolute Gasteiger partial charge is 0.481 e. The van der Waals surface area contributed by atoms with E-state index in [1.807, 2.05) is 0 Å². The third kappa shape index (κ3) is 4.14. The zero-order valence-electron chi connectivity index (χ0n) is 13.7. The van der Waals surface area contributed by atoms with Crippen molar-refractivity contribution < 1.29 is 28.0 Å². The molecule has 2 aromatic carbocycles. The fraction of sp³-hybridized carbons (Fsp3) is 0.111. The van der Waals surface area contributed by atoms with Gasteiger partial charge in [0.2, 0.25) is 0 Å². The maximum atomic E-state index is 13.8. The van der Waals surface area contributed by atoms with Crippen LogP contribution in [0.2, 0.25) is 0 Å². The SMILES string of the molecule is O=C(O)C[C@H](NC(=O)c1noc(-c2cccc(F)c2F)n1)c1ccccc1. The van der Waals surface area contributed by atoms with Gasteiger partial charge in [0.15, 0.2) is 11.6 Å². The summed E-state index contributed by atoms with van der Waals surface area (Å²) >= 11 is 0. The van der Waals surface area contributed by atoms with Crippen LogP contribution in [0.1, 0.15) is 28.6 Å². The third-order valence-corrected chi connectivity index (χ3v) is 3.70. The molecular weight excluding hydrogens is 360 g/mol. The van der Waals surface area contributed by atoms with Crippen LogP contribution in [0.3, 0.4) is 0 Å². The maximum Gasteiger partial charge on any atom is 0.305 e. The van der Waals surface area contributed by atoms with Gasteiger partial charge in [-0.15, -0.1) is 0 Å². The van der Waals surface area contributed by atoms with Crippen LogP contribution in [0.5, 0.6) is 0 Å². The van der Waals surface area contributed by atoms with Crippen LogP contribution in [-0.4, -0.2) is 27.1 Å². The van der Waals surface area contributed by atoms with Crippen molar-refractivity contribution in [1.29, 1.82) is 0 Å². The Labute approximate surface area is 151 Å². The number of carbonyl (C=O) groups is 2. The molecule has 1 amide bonds. The lowest BCUT2D eigenvalue weighted by Gasteiger charge is -2.16. The summed E-state index contributed by atoms with van der Waals surface area (Å²) in [6, 6.07) is 11.1. The van der Waals surface area contributed by atoms with Crippen molar-refractivity contribution in [2.75, 3.05) is 0 Å². The Morgan fingerprint density at radius 3 is 2.56 bits per heavy atom. The number of hydrogen-bond acceptors (Lipinski definition) is 5. The summed E-state index contributed by atoms with van der Waals surface area (Å²) in [6.07, 6.45) is -0.362. The van der Waals surface area contributed by atoms with Crippen molar-refractivity contribution in [2.24, 2.45) is 0 Å². The number of nitrogens with zero attached hydrogens (tertiary/aromatic N) is 2. The molecule has 0 saturated heterocycles. The van der Waals surface area contributed by atoms with Crippen molar-refractivity contribution in [2.45, 2.75) is 12.5 Å². The molecule has 0 aliphatic heterocycles. The van der Waals surface area contributed by atoms with Crippen molar-refractivity contribution in [1.82, 2.24) is 15.5 Å². The normalized spacial score (nSPS) is 11.8. The van der Waals surface area contributed by atoms with Gasteiger partial charge in [-0.3, -0.25) is 9.59 Å². The Hall–Kier alpha value is -3.62. The summed E-state index contributed by atoms with van der Waals surface area (Å²) in [6.45, 7) is 0. The lowest BCUT2D eigenvalue weighted by molar-refractivity contribution is -0.137. The Bertz CT molecular complexity index is 976. The molecule has 0 aliphatic carbocycles. The van der Waals surface area contributed by atoms with Gasteiger partial charge < -0.3 is 14.9 Å². The number of carboxylic acid groups (broad SMARTS) is 1. The van der Waals surface area contributed by atoms with Gasteiger partial charge in [-0.25, -0.2) is 8.78 Å². The average Bonchev–Trinajstić information content (AvgIpc) is 3.14. The van der Waals surface area contributed by atoms with Crippen molar-refractivity contribution in [3.8, 4) is 11.5 Å². The summed E-state index contributed by atoms with van der Waals surface area (Å²) in [7, 11) is 0. The summed E-state index contributed by atoms with van der Waals surface area (Å²) in [5, 5.41) is 15.0. The second-order valence-electron chi connectivity index (χ2n) is 5.56. The quantitative estimate of drug-likeness (QED) is 0.688. The zero-order valence-corrected chi connectivity index (χ0v) is 13.7. The molecule has 3 rings (SSSR count).